The fraction of sp³-hybridized carbons (Fsp3) is 0.357. The summed E-state index contributed by atoms with van der Waals surface area (Å²) < 4.78 is 10.5. The summed E-state index contributed by atoms with van der Waals surface area (Å²) >= 11 is 7.81. The molecule has 2 aromatic rings. The topological polar surface area (TPSA) is 31.4 Å². The van der Waals surface area contributed by atoms with Crippen LogP contribution in [0.3, 0.4) is 0 Å². The third kappa shape index (κ3) is 2.85. The summed E-state index contributed by atoms with van der Waals surface area (Å²) in [4.78, 5) is 4.62. The molecule has 0 aliphatic carbocycles. The van der Waals surface area contributed by atoms with Gasteiger partial charge >= 0.3 is 0 Å². The first-order valence-corrected chi connectivity index (χ1v) is 7.20. The van der Waals surface area contributed by atoms with Crippen LogP contribution in [0.5, 0.6) is 11.5 Å². The summed E-state index contributed by atoms with van der Waals surface area (Å²) in [6.45, 7) is 4.25. The molecule has 0 saturated heterocycles. The molecule has 0 N–H and O–H groups in total. The highest BCUT2D eigenvalue weighted by atomic mass is 35.5. The van der Waals surface area contributed by atoms with E-state index in [0.29, 0.717) is 22.4 Å². The van der Waals surface area contributed by atoms with Crippen molar-refractivity contribution in [2.75, 3.05) is 14.2 Å². The molecule has 1 heterocycles. The normalized spacial score (nSPS) is 10.8. The number of benzene rings is 1. The molecular weight excluding hydrogens is 282 g/mol. The molecule has 0 saturated carbocycles. The molecule has 3 nitrogen and oxygen atoms in total. The van der Waals surface area contributed by atoms with Gasteiger partial charge in [-0.25, -0.2) is 4.98 Å². The van der Waals surface area contributed by atoms with Crippen LogP contribution in [0.25, 0.3) is 10.6 Å². The molecule has 1 aromatic heterocycles. The molecule has 0 spiro atoms. The van der Waals surface area contributed by atoms with Gasteiger partial charge in [0.25, 0.3) is 0 Å². The zero-order valence-electron chi connectivity index (χ0n) is 11.4. The first kappa shape index (κ1) is 14.2. The van der Waals surface area contributed by atoms with Gasteiger partial charge in [0.1, 0.15) is 5.01 Å². The Kier molecular flexibility index (Phi) is 4.32. The summed E-state index contributed by atoms with van der Waals surface area (Å²) in [7, 11) is 3.17. The third-order valence-electron chi connectivity index (χ3n) is 2.79. The van der Waals surface area contributed by atoms with Crippen LogP contribution in [0.15, 0.2) is 17.5 Å². The number of nitrogens with zero attached hydrogens (tertiary/aromatic N) is 1. The Labute approximate surface area is 122 Å². The van der Waals surface area contributed by atoms with Gasteiger partial charge in [-0.2, -0.15) is 0 Å². The fourth-order valence-electron chi connectivity index (χ4n) is 1.73. The van der Waals surface area contributed by atoms with Gasteiger partial charge in [0, 0.05) is 10.9 Å². The highest BCUT2D eigenvalue weighted by Gasteiger charge is 2.14. The van der Waals surface area contributed by atoms with E-state index in [9.17, 15) is 0 Å². The molecule has 19 heavy (non-hydrogen) atoms. The van der Waals surface area contributed by atoms with Crippen LogP contribution in [0.4, 0.5) is 0 Å². The Hall–Kier alpha value is -1.26. The number of thiazole rings is 1. The van der Waals surface area contributed by atoms with E-state index in [2.05, 4.69) is 24.2 Å². The maximum atomic E-state index is 6.20. The molecule has 0 fully saturated rings. The molecule has 0 aliphatic rings. The van der Waals surface area contributed by atoms with Gasteiger partial charge in [-0.05, 0) is 18.1 Å². The van der Waals surface area contributed by atoms with Gasteiger partial charge in [0.15, 0.2) is 11.5 Å². The number of halogens is 1. The van der Waals surface area contributed by atoms with Crippen LogP contribution in [-0.4, -0.2) is 19.2 Å². The van der Waals surface area contributed by atoms with Crippen molar-refractivity contribution >= 4 is 22.9 Å². The first-order valence-electron chi connectivity index (χ1n) is 5.94. The second kappa shape index (κ2) is 5.80. The third-order valence-corrected chi connectivity index (χ3v) is 3.98. The molecule has 0 radical (unpaired) electrons. The van der Waals surface area contributed by atoms with E-state index in [4.69, 9.17) is 21.1 Å². The smallest absolute Gasteiger partial charge is 0.179 e. The predicted molar refractivity (Wildman–Crippen MR) is 79.8 cm³/mol. The summed E-state index contributed by atoms with van der Waals surface area (Å²) in [5.74, 6) is 1.58. The van der Waals surface area contributed by atoms with Gasteiger partial charge in [-0.1, -0.05) is 25.4 Å². The average Bonchev–Trinajstić information content (AvgIpc) is 2.87. The Balaban J connectivity index is 2.47. The van der Waals surface area contributed by atoms with Crippen molar-refractivity contribution in [3.8, 4) is 22.1 Å². The van der Waals surface area contributed by atoms with E-state index in [1.54, 1.807) is 25.6 Å². The number of hydrogen-bond acceptors (Lipinski definition) is 4. The van der Waals surface area contributed by atoms with E-state index < -0.39 is 0 Å². The lowest BCUT2D eigenvalue weighted by Gasteiger charge is -2.10. The highest BCUT2D eigenvalue weighted by molar-refractivity contribution is 7.13. The molecule has 0 atom stereocenters. The Bertz CT molecular complexity index is 581. The zero-order valence-corrected chi connectivity index (χ0v) is 12.9. The summed E-state index contributed by atoms with van der Waals surface area (Å²) in [6.07, 6.45) is 0. The molecule has 5 heteroatoms. The largest absolute Gasteiger partial charge is 0.493 e. The predicted octanol–water partition coefficient (Wildman–Crippen LogP) is 4.60. The van der Waals surface area contributed by atoms with Crippen molar-refractivity contribution in [2.24, 2.45) is 0 Å². The van der Waals surface area contributed by atoms with E-state index in [0.717, 1.165) is 16.3 Å². The molecule has 0 bridgehead atoms. The minimum absolute atomic E-state index is 0.417. The maximum absolute atomic E-state index is 6.20. The molecule has 1 aromatic carbocycles. The lowest BCUT2D eigenvalue weighted by molar-refractivity contribution is 0.355. The van der Waals surface area contributed by atoms with Crippen molar-refractivity contribution < 1.29 is 9.47 Å². The van der Waals surface area contributed by atoms with Gasteiger partial charge in [-0.15, -0.1) is 11.3 Å². The summed E-state index contributed by atoms with van der Waals surface area (Å²) in [5.41, 5.74) is 2.03. The molecule has 102 valence electrons. The second-order valence-corrected chi connectivity index (χ2v) is 5.69. The van der Waals surface area contributed by atoms with E-state index in [1.807, 2.05) is 12.1 Å². The molecule has 0 amide bonds. The van der Waals surface area contributed by atoms with Crippen LogP contribution >= 0.6 is 22.9 Å². The zero-order chi connectivity index (χ0) is 14.0. The minimum Gasteiger partial charge on any atom is -0.493 e. The monoisotopic (exact) mass is 297 g/mol. The quantitative estimate of drug-likeness (QED) is 0.826. The van der Waals surface area contributed by atoms with Crippen molar-refractivity contribution in [1.29, 1.82) is 0 Å². The number of ether oxygens (including phenoxy) is 2. The van der Waals surface area contributed by atoms with Gasteiger partial charge in [0.05, 0.1) is 24.9 Å². The van der Waals surface area contributed by atoms with E-state index in [1.165, 1.54) is 0 Å². The SMILES string of the molecule is COc1cc(-c2nc(C(C)C)cs2)cc(Cl)c1OC. The Morgan fingerprint density at radius 1 is 1.21 bits per heavy atom. The number of hydrogen-bond donors (Lipinski definition) is 0. The van der Waals surface area contributed by atoms with Crippen LogP contribution in [0, 0.1) is 0 Å². The Morgan fingerprint density at radius 2 is 1.95 bits per heavy atom. The van der Waals surface area contributed by atoms with Gasteiger partial charge in [0.2, 0.25) is 0 Å². The maximum Gasteiger partial charge on any atom is 0.179 e. The summed E-state index contributed by atoms with van der Waals surface area (Å²) in [5, 5.41) is 3.54. The van der Waals surface area contributed by atoms with Gasteiger partial charge in [-0.3, -0.25) is 0 Å². The van der Waals surface area contributed by atoms with Crippen LogP contribution in [-0.2, 0) is 0 Å². The van der Waals surface area contributed by atoms with Crippen LogP contribution < -0.4 is 9.47 Å². The Morgan fingerprint density at radius 3 is 2.47 bits per heavy atom. The lowest BCUT2D eigenvalue weighted by atomic mass is 10.1. The van der Waals surface area contributed by atoms with E-state index >= 15 is 0 Å². The number of aromatic nitrogens is 1. The first-order chi connectivity index (χ1) is 9.06. The second-order valence-electron chi connectivity index (χ2n) is 4.43. The van der Waals surface area contributed by atoms with Crippen molar-refractivity contribution in [3.63, 3.8) is 0 Å². The van der Waals surface area contributed by atoms with Crippen LogP contribution in [0.1, 0.15) is 25.5 Å². The minimum atomic E-state index is 0.417. The van der Waals surface area contributed by atoms with E-state index in [-0.39, 0.29) is 0 Å². The molecule has 0 aliphatic heterocycles. The van der Waals surface area contributed by atoms with Gasteiger partial charge < -0.3 is 9.47 Å². The number of methoxy groups -OCH3 is 2. The average molecular weight is 298 g/mol. The molecule has 2 rings (SSSR count). The van der Waals surface area contributed by atoms with Crippen molar-refractivity contribution in [3.05, 3.63) is 28.2 Å². The number of rotatable bonds is 4. The summed E-state index contributed by atoms with van der Waals surface area (Å²) in [6, 6.07) is 3.75. The standard InChI is InChI=1S/C14H16ClNO2S/c1-8(2)11-7-19-14(16-11)9-5-10(15)13(18-4)12(6-9)17-3/h5-8H,1-4H3. The molecule has 0 unspecified atom stereocenters. The molecular formula is C14H16ClNO2S. The van der Waals surface area contributed by atoms with Crippen molar-refractivity contribution in [2.45, 2.75) is 19.8 Å². The lowest BCUT2D eigenvalue weighted by Crippen LogP contribution is -1.92. The van der Waals surface area contributed by atoms with Crippen molar-refractivity contribution in [1.82, 2.24) is 4.98 Å². The highest BCUT2D eigenvalue weighted by Crippen LogP contribution is 2.40. The van der Waals surface area contributed by atoms with Crippen LogP contribution in [0.2, 0.25) is 5.02 Å². The fourth-order valence-corrected chi connectivity index (χ4v) is 2.98.